The summed E-state index contributed by atoms with van der Waals surface area (Å²) in [5.74, 6) is 1.23. The van der Waals surface area contributed by atoms with E-state index < -0.39 is 0 Å². The number of amides is 1. The molecule has 6 nitrogen and oxygen atoms in total. The van der Waals surface area contributed by atoms with Crippen LogP contribution in [0.15, 0.2) is 84.0 Å². The molecular weight excluding hydrogens is 468 g/mol. The molecule has 4 aromatic rings. The maximum absolute atomic E-state index is 12.4. The van der Waals surface area contributed by atoms with Gasteiger partial charge in [-0.3, -0.25) is 14.2 Å². The fraction of sp³-hybridized carbons (Fsp3) is 0.154. The Kier molecular flexibility index (Phi) is 7.77. The molecule has 1 amide bonds. The van der Waals surface area contributed by atoms with Crippen molar-refractivity contribution in [1.82, 2.24) is 14.8 Å². The van der Waals surface area contributed by atoms with Gasteiger partial charge in [-0.25, -0.2) is 0 Å². The summed E-state index contributed by atoms with van der Waals surface area (Å²) in [6.45, 7) is 1.51. The van der Waals surface area contributed by atoms with E-state index in [1.54, 1.807) is 24.3 Å². The monoisotopic (exact) mass is 490 g/mol. The molecule has 0 fully saturated rings. The number of carbonyl (C=O) groups excluding carboxylic acids is 2. The number of benzene rings is 3. The van der Waals surface area contributed by atoms with E-state index in [4.69, 9.17) is 11.6 Å². The first-order valence-electron chi connectivity index (χ1n) is 10.8. The van der Waals surface area contributed by atoms with Crippen molar-refractivity contribution in [2.24, 2.45) is 0 Å². The Balaban J connectivity index is 1.44. The number of nitrogens with zero attached hydrogens (tertiary/aromatic N) is 3. The molecule has 172 valence electrons. The molecule has 1 heterocycles. The number of hydrogen-bond acceptors (Lipinski definition) is 5. The summed E-state index contributed by atoms with van der Waals surface area (Å²) in [5, 5.41) is 13.1. The lowest BCUT2D eigenvalue weighted by Crippen LogP contribution is -2.12. The van der Waals surface area contributed by atoms with Crippen LogP contribution in [-0.2, 0) is 11.2 Å². The predicted octanol–water partition coefficient (Wildman–Crippen LogP) is 5.84. The molecule has 3 aromatic carbocycles. The molecule has 0 unspecified atom stereocenters. The molecule has 0 bridgehead atoms. The average molecular weight is 491 g/mol. The number of hydrogen-bond donors (Lipinski definition) is 1. The topological polar surface area (TPSA) is 76.9 Å². The Labute approximate surface area is 207 Å². The van der Waals surface area contributed by atoms with E-state index in [0.717, 1.165) is 17.1 Å². The first-order chi connectivity index (χ1) is 16.5. The summed E-state index contributed by atoms with van der Waals surface area (Å²) < 4.78 is 2.01. The zero-order chi connectivity index (χ0) is 23.9. The van der Waals surface area contributed by atoms with Gasteiger partial charge < -0.3 is 5.32 Å². The van der Waals surface area contributed by atoms with Gasteiger partial charge in [-0.1, -0.05) is 53.7 Å². The predicted molar refractivity (Wildman–Crippen MR) is 136 cm³/mol. The van der Waals surface area contributed by atoms with Crippen molar-refractivity contribution < 1.29 is 9.59 Å². The van der Waals surface area contributed by atoms with Gasteiger partial charge in [0.05, 0.1) is 0 Å². The Morgan fingerprint density at radius 1 is 0.941 bits per heavy atom. The average Bonchev–Trinajstić information content (AvgIpc) is 3.22. The van der Waals surface area contributed by atoms with Crippen LogP contribution in [0.3, 0.4) is 0 Å². The molecule has 0 saturated heterocycles. The van der Waals surface area contributed by atoms with E-state index in [2.05, 4.69) is 27.6 Å². The molecule has 0 aliphatic carbocycles. The number of anilines is 1. The SMILES string of the molecule is CC(=O)c1ccc(NC(=O)CCSc2nnc(Cc3ccccc3)n2-c2ccc(Cl)cc2)cc1. The van der Waals surface area contributed by atoms with Crippen molar-refractivity contribution in [3.63, 3.8) is 0 Å². The van der Waals surface area contributed by atoms with Crippen LogP contribution in [0.5, 0.6) is 0 Å². The van der Waals surface area contributed by atoms with Crippen molar-refractivity contribution in [1.29, 1.82) is 0 Å². The van der Waals surface area contributed by atoms with Gasteiger partial charge in [0.15, 0.2) is 10.9 Å². The minimum atomic E-state index is -0.106. The molecule has 0 atom stereocenters. The minimum absolute atomic E-state index is 0.00860. The number of Topliss-reactive ketones (excluding diaryl/α,β-unsaturated/α-hetero) is 1. The number of aromatic nitrogens is 3. The zero-order valence-corrected chi connectivity index (χ0v) is 20.1. The van der Waals surface area contributed by atoms with E-state index in [1.807, 2.05) is 47.0 Å². The third-order valence-corrected chi connectivity index (χ3v) is 6.31. The highest BCUT2D eigenvalue weighted by Gasteiger charge is 2.16. The molecule has 1 N–H and O–H groups in total. The van der Waals surface area contributed by atoms with Crippen LogP contribution >= 0.6 is 23.4 Å². The Morgan fingerprint density at radius 2 is 1.65 bits per heavy atom. The van der Waals surface area contributed by atoms with Crippen LogP contribution in [0.1, 0.15) is 35.1 Å². The molecule has 0 radical (unpaired) electrons. The van der Waals surface area contributed by atoms with Crippen LogP contribution in [0, 0.1) is 0 Å². The summed E-state index contributed by atoms with van der Waals surface area (Å²) in [7, 11) is 0. The maximum atomic E-state index is 12.4. The fourth-order valence-electron chi connectivity index (χ4n) is 3.38. The Hall–Kier alpha value is -3.42. The third-order valence-electron chi connectivity index (χ3n) is 5.13. The lowest BCUT2D eigenvalue weighted by Gasteiger charge is -2.11. The quantitative estimate of drug-likeness (QED) is 0.236. The van der Waals surface area contributed by atoms with Crippen LogP contribution in [0.4, 0.5) is 5.69 Å². The summed E-state index contributed by atoms with van der Waals surface area (Å²) in [4.78, 5) is 23.8. The number of rotatable bonds is 9. The largest absolute Gasteiger partial charge is 0.326 e. The molecular formula is C26H23ClN4O2S. The second-order valence-corrected chi connectivity index (χ2v) is 9.15. The van der Waals surface area contributed by atoms with Crippen LogP contribution in [0.2, 0.25) is 5.02 Å². The van der Waals surface area contributed by atoms with E-state index in [9.17, 15) is 9.59 Å². The smallest absolute Gasteiger partial charge is 0.225 e. The van der Waals surface area contributed by atoms with Gasteiger partial charge in [0.1, 0.15) is 5.82 Å². The minimum Gasteiger partial charge on any atom is -0.326 e. The number of thioether (sulfide) groups is 1. The number of carbonyl (C=O) groups is 2. The highest BCUT2D eigenvalue weighted by molar-refractivity contribution is 7.99. The van der Waals surface area contributed by atoms with Gasteiger partial charge in [-0.15, -0.1) is 10.2 Å². The molecule has 0 saturated carbocycles. The van der Waals surface area contributed by atoms with Gasteiger partial charge in [-0.05, 0) is 61.0 Å². The van der Waals surface area contributed by atoms with Crippen molar-refractivity contribution in [2.45, 2.75) is 24.9 Å². The van der Waals surface area contributed by atoms with Gasteiger partial charge in [-0.2, -0.15) is 0 Å². The molecule has 0 aliphatic heterocycles. The highest BCUT2D eigenvalue weighted by Crippen LogP contribution is 2.25. The third kappa shape index (κ3) is 6.12. The van der Waals surface area contributed by atoms with Gasteiger partial charge in [0.2, 0.25) is 5.91 Å². The number of halogens is 1. The van der Waals surface area contributed by atoms with Gasteiger partial charge in [0.25, 0.3) is 0 Å². The standard InChI is InChI=1S/C26H23ClN4O2S/c1-18(32)20-7-11-22(12-8-20)28-25(33)15-16-34-26-30-29-24(17-19-5-3-2-4-6-19)31(26)23-13-9-21(27)10-14-23/h2-14H,15-17H2,1H3,(H,28,33). The van der Waals surface area contributed by atoms with Crippen LogP contribution < -0.4 is 5.32 Å². The molecule has 34 heavy (non-hydrogen) atoms. The summed E-state index contributed by atoms with van der Waals surface area (Å²) in [6, 6.07) is 24.5. The summed E-state index contributed by atoms with van der Waals surface area (Å²) in [6.07, 6.45) is 0.939. The van der Waals surface area contributed by atoms with E-state index in [0.29, 0.717) is 40.0 Å². The number of nitrogens with one attached hydrogen (secondary N) is 1. The highest BCUT2D eigenvalue weighted by atomic mass is 35.5. The normalized spacial score (nSPS) is 10.8. The molecule has 0 aliphatic rings. The van der Waals surface area contributed by atoms with E-state index in [1.165, 1.54) is 18.7 Å². The fourth-order valence-corrected chi connectivity index (χ4v) is 4.42. The summed E-state index contributed by atoms with van der Waals surface area (Å²) >= 11 is 7.56. The molecule has 0 spiro atoms. The van der Waals surface area contributed by atoms with Crippen molar-refractivity contribution in [3.05, 3.63) is 101 Å². The van der Waals surface area contributed by atoms with Crippen LogP contribution in [0.25, 0.3) is 5.69 Å². The first kappa shape index (κ1) is 23.7. The van der Waals surface area contributed by atoms with Crippen LogP contribution in [-0.4, -0.2) is 32.2 Å². The number of ketones is 1. The lowest BCUT2D eigenvalue weighted by molar-refractivity contribution is -0.115. The molecule has 4 rings (SSSR count). The first-order valence-corrected chi connectivity index (χ1v) is 12.1. The van der Waals surface area contributed by atoms with Crippen molar-refractivity contribution in [2.75, 3.05) is 11.1 Å². The second kappa shape index (κ2) is 11.1. The van der Waals surface area contributed by atoms with Crippen molar-refractivity contribution in [3.8, 4) is 5.69 Å². The Bertz CT molecular complexity index is 1270. The Morgan fingerprint density at radius 3 is 2.32 bits per heavy atom. The maximum Gasteiger partial charge on any atom is 0.225 e. The van der Waals surface area contributed by atoms with E-state index >= 15 is 0 Å². The van der Waals surface area contributed by atoms with E-state index in [-0.39, 0.29) is 11.7 Å². The zero-order valence-electron chi connectivity index (χ0n) is 18.6. The molecule has 8 heteroatoms. The van der Waals surface area contributed by atoms with Gasteiger partial charge >= 0.3 is 0 Å². The summed E-state index contributed by atoms with van der Waals surface area (Å²) in [5.41, 5.74) is 3.32. The second-order valence-electron chi connectivity index (χ2n) is 7.65. The van der Waals surface area contributed by atoms with Gasteiger partial charge in [0, 0.05) is 40.6 Å². The molecule has 1 aromatic heterocycles. The van der Waals surface area contributed by atoms with Crippen molar-refractivity contribution >= 4 is 40.7 Å². The lowest BCUT2D eigenvalue weighted by atomic mass is 10.1.